The van der Waals surface area contributed by atoms with Crippen molar-refractivity contribution in [2.24, 2.45) is 5.92 Å². The molecule has 1 unspecified atom stereocenters. The molecule has 0 bridgehead atoms. The van der Waals surface area contributed by atoms with Gasteiger partial charge in [-0.3, -0.25) is 0 Å². The molecule has 0 radical (unpaired) electrons. The fourth-order valence-corrected chi connectivity index (χ4v) is 3.11. The first-order valence-corrected chi connectivity index (χ1v) is 9.02. The zero-order valence-electron chi connectivity index (χ0n) is 14.5. The Labute approximate surface area is 144 Å². The predicted octanol–water partition coefficient (Wildman–Crippen LogP) is 2.83. The van der Waals surface area contributed by atoms with Gasteiger partial charge in [0, 0.05) is 18.7 Å². The van der Waals surface area contributed by atoms with Crippen molar-refractivity contribution in [3.8, 4) is 0 Å². The van der Waals surface area contributed by atoms with Crippen molar-refractivity contribution in [2.75, 3.05) is 13.2 Å². The van der Waals surface area contributed by atoms with Gasteiger partial charge in [0.25, 0.3) is 0 Å². The first-order chi connectivity index (χ1) is 11.7. The SMILES string of the molecule is CCCC(CCO)CNC1CC(NC(=O)OCc2ccccc2)C1. The van der Waals surface area contributed by atoms with Gasteiger partial charge in [0.05, 0.1) is 0 Å². The fourth-order valence-electron chi connectivity index (χ4n) is 3.11. The highest BCUT2D eigenvalue weighted by Gasteiger charge is 2.30. The Kier molecular flexibility index (Phi) is 8.05. The summed E-state index contributed by atoms with van der Waals surface area (Å²) in [5.74, 6) is 0.544. The molecule has 134 valence electrons. The number of amides is 1. The van der Waals surface area contributed by atoms with E-state index in [9.17, 15) is 4.79 Å². The lowest BCUT2D eigenvalue weighted by atomic mass is 9.86. The largest absolute Gasteiger partial charge is 0.445 e. The number of ether oxygens (including phenoxy) is 1. The van der Waals surface area contributed by atoms with E-state index >= 15 is 0 Å². The summed E-state index contributed by atoms with van der Waals surface area (Å²) >= 11 is 0. The highest BCUT2D eigenvalue weighted by molar-refractivity contribution is 5.67. The monoisotopic (exact) mass is 334 g/mol. The molecule has 1 aromatic rings. The minimum Gasteiger partial charge on any atom is -0.445 e. The van der Waals surface area contributed by atoms with E-state index in [2.05, 4.69) is 17.6 Å². The number of alkyl carbamates (subject to hydrolysis) is 1. The summed E-state index contributed by atoms with van der Waals surface area (Å²) in [7, 11) is 0. The summed E-state index contributed by atoms with van der Waals surface area (Å²) in [6, 6.07) is 10.3. The minimum absolute atomic E-state index is 0.202. The molecule has 1 fully saturated rings. The maximum Gasteiger partial charge on any atom is 0.407 e. The summed E-state index contributed by atoms with van der Waals surface area (Å²) < 4.78 is 5.23. The van der Waals surface area contributed by atoms with Crippen molar-refractivity contribution in [3.63, 3.8) is 0 Å². The number of nitrogens with one attached hydrogen (secondary N) is 2. The lowest BCUT2D eigenvalue weighted by Gasteiger charge is -2.37. The molecule has 1 aliphatic carbocycles. The van der Waals surface area contributed by atoms with Gasteiger partial charge in [0.15, 0.2) is 0 Å². The van der Waals surface area contributed by atoms with Crippen molar-refractivity contribution in [1.29, 1.82) is 0 Å². The molecule has 0 spiro atoms. The molecule has 0 saturated heterocycles. The summed E-state index contributed by atoms with van der Waals surface area (Å²) in [6.45, 7) is 3.69. The molecular formula is C19H30N2O3. The van der Waals surface area contributed by atoms with Gasteiger partial charge in [-0.05, 0) is 43.7 Å². The predicted molar refractivity (Wildman–Crippen MR) is 94.7 cm³/mol. The standard InChI is InChI=1S/C19H30N2O3/c1-2-6-15(9-10-22)13-20-17-11-18(12-17)21-19(23)24-14-16-7-4-3-5-8-16/h3-5,7-8,15,17-18,20,22H,2,6,9-14H2,1H3,(H,21,23). The van der Waals surface area contributed by atoms with E-state index in [0.717, 1.165) is 44.2 Å². The third-order valence-corrected chi connectivity index (χ3v) is 4.60. The maximum atomic E-state index is 11.8. The van der Waals surface area contributed by atoms with Crippen LogP contribution >= 0.6 is 0 Å². The van der Waals surface area contributed by atoms with Crippen LogP contribution < -0.4 is 10.6 Å². The van der Waals surface area contributed by atoms with Crippen LogP contribution in [0.25, 0.3) is 0 Å². The third-order valence-electron chi connectivity index (χ3n) is 4.60. The smallest absolute Gasteiger partial charge is 0.407 e. The number of hydrogen-bond donors (Lipinski definition) is 3. The highest BCUT2D eigenvalue weighted by Crippen LogP contribution is 2.21. The van der Waals surface area contributed by atoms with Crippen LogP contribution in [0.1, 0.15) is 44.6 Å². The molecule has 1 aromatic carbocycles. The Morgan fingerprint density at radius 2 is 2.00 bits per heavy atom. The first-order valence-electron chi connectivity index (χ1n) is 9.02. The van der Waals surface area contributed by atoms with Crippen LogP contribution in [0.2, 0.25) is 0 Å². The van der Waals surface area contributed by atoms with Gasteiger partial charge in [0.2, 0.25) is 0 Å². The van der Waals surface area contributed by atoms with Crippen LogP contribution in [0.3, 0.4) is 0 Å². The molecule has 1 atom stereocenters. The second kappa shape index (κ2) is 10.3. The molecule has 5 nitrogen and oxygen atoms in total. The second-order valence-electron chi connectivity index (χ2n) is 6.65. The second-order valence-corrected chi connectivity index (χ2v) is 6.65. The molecule has 5 heteroatoms. The molecule has 24 heavy (non-hydrogen) atoms. The van der Waals surface area contributed by atoms with Crippen LogP contribution in [0.5, 0.6) is 0 Å². The van der Waals surface area contributed by atoms with Gasteiger partial charge >= 0.3 is 6.09 Å². The van der Waals surface area contributed by atoms with Crippen molar-refractivity contribution in [2.45, 2.75) is 57.7 Å². The van der Waals surface area contributed by atoms with E-state index < -0.39 is 0 Å². The van der Waals surface area contributed by atoms with Crippen LogP contribution in [0.15, 0.2) is 30.3 Å². The van der Waals surface area contributed by atoms with E-state index in [4.69, 9.17) is 9.84 Å². The normalized spacial score (nSPS) is 20.9. The van der Waals surface area contributed by atoms with Gasteiger partial charge in [-0.15, -0.1) is 0 Å². The van der Waals surface area contributed by atoms with Crippen LogP contribution in [-0.4, -0.2) is 36.4 Å². The average molecular weight is 334 g/mol. The Bertz CT molecular complexity index is 469. The molecule has 0 aromatic heterocycles. The summed E-state index contributed by atoms with van der Waals surface area (Å²) in [4.78, 5) is 11.8. The number of carbonyl (C=O) groups is 1. The zero-order valence-corrected chi connectivity index (χ0v) is 14.5. The molecule has 0 aliphatic heterocycles. The number of carbonyl (C=O) groups excluding carboxylic acids is 1. The number of aliphatic hydroxyl groups is 1. The third kappa shape index (κ3) is 6.49. The van der Waals surface area contributed by atoms with E-state index in [1.54, 1.807) is 0 Å². The molecule has 1 aliphatic rings. The maximum absolute atomic E-state index is 11.8. The quantitative estimate of drug-likeness (QED) is 0.615. The molecule has 2 rings (SSSR count). The van der Waals surface area contributed by atoms with E-state index in [1.165, 1.54) is 0 Å². The molecule has 0 heterocycles. The van der Waals surface area contributed by atoms with Gasteiger partial charge in [-0.2, -0.15) is 0 Å². The number of benzene rings is 1. The summed E-state index contributed by atoms with van der Waals surface area (Å²) in [6.07, 6.45) is 4.70. The summed E-state index contributed by atoms with van der Waals surface area (Å²) in [5, 5.41) is 15.5. The molecular weight excluding hydrogens is 304 g/mol. The van der Waals surface area contributed by atoms with Crippen molar-refractivity contribution in [3.05, 3.63) is 35.9 Å². The fraction of sp³-hybridized carbons (Fsp3) is 0.632. The topological polar surface area (TPSA) is 70.6 Å². The van der Waals surface area contributed by atoms with Gasteiger partial charge in [0.1, 0.15) is 6.61 Å². The van der Waals surface area contributed by atoms with Gasteiger partial charge < -0.3 is 20.5 Å². The van der Waals surface area contributed by atoms with Crippen LogP contribution in [0.4, 0.5) is 4.79 Å². The highest BCUT2D eigenvalue weighted by atomic mass is 16.5. The van der Waals surface area contributed by atoms with Gasteiger partial charge in [-0.1, -0.05) is 43.7 Å². The molecule has 1 saturated carbocycles. The lowest BCUT2D eigenvalue weighted by Crippen LogP contribution is -2.53. The number of hydrogen-bond acceptors (Lipinski definition) is 4. The lowest BCUT2D eigenvalue weighted by molar-refractivity contribution is 0.124. The number of aliphatic hydroxyl groups excluding tert-OH is 1. The van der Waals surface area contributed by atoms with Crippen LogP contribution in [0, 0.1) is 5.92 Å². The van der Waals surface area contributed by atoms with Crippen LogP contribution in [-0.2, 0) is 11.3 Å². The average Bonchev–Trinajstić information content (AvgIpc) is 2.56. The van der Waals surface area contributed by atoms with Gasteiger partial charge in [-0.25, -0.2) is 4.79 Å². The Morgan fingerprint density at radius 3 is 2.67 bits per heavy atom. The van der Waals surface area contributed by atoms with E-state index in [1.807, 2.05) is 30.3 Å². The van der Waals surface area contributed by atoms with E-state index in [0.29, 0.717) is 18.6 Å². The Balaban J connectivity index is 1.56. The molecule has 1 amide bonds. The zero-order chi connectivity index (χ0) is 17.2. The van der Waals surface area contributed by atoms with E-state index in [-0.39, 0.29) is 18.7 Å². The Hall–Kier alpha value is -1.59. The minimum atomic E-state index is -0.341. The van der Waals surface area contributed by atoms with Crippen molar-refractivity contribution >= 4 is 6.09 Å². The van der Waals surface area contributed by atoms with Crippen molar-refractivity contribution < 1.29 is 14.6 Å². The van der Waals surface area contributed by atoms with Crippen molar-refractivity contribution in [1.82, 2.24) is 10.6 Å². The molecule has 3 N–H and O–H groups in total. The first kappa shape index (κ1) is 18.7. The number of rotatable bonds is 10. The Morgan fingerprint density at radius 1 is 1.25 bits per heavy atom. The summed E-state index contributed by atoms with van der Waals surface area (Å²) in [5.41, 5.74) is 0.992.